The van der Waals surface area contributed by atoms with Crippen LogP contribution in [0.3, 0.4) is 0 Å². The number of rotatable bonds is 6. The van der Waals surface area contributed by atoms with E-state index in [9.17, 15) is 23.1 Å². The van der Waals surface area contributed by atoms with Crippen LogP contribution in [0.4, 0.5) is 13.2 Å². The Balaban J connectivity index is 1.70. The van der Waals surface area contributed by atoms with Crippen LogP contribution in [0, 0.1) is 0 Å². The number of phenols is 1. The first kappa shape index (κ1) is 21.0. The average Bonchev–Trinajstić information content (AvgIpc) is 2.71. The molecule has 0 radical (unpaired) electrons. The number of ether oxygens (including phenoxy) is 1. The van der Waals surface area contributed by atoms with Gasteiger partial charge in [0.2, 0.25) is 0 Å². The third-order valence-electron chi connectivity index (χ3n) is 4.29. The molecular formula is C23H17F3O4. The minimum atomic E-state index is -4.38. The average molecular weight is 414 g/mol. The maximum Gasteiger partial charge on any atom is 0.416 e. The highest BCUT2D eigenvalue weighted by molar-refractivity contribution is 5.85. The zero-order valence-corrected chi connectivity index (χ0v) is 15.6. The van der Waals surface area contributed by atoms with Crippen LogP contribution in [-0.2, 0) is 17.6 Å². The largest absolute Gasteiger partial charge is 0.507 e. The molecule has 0 aliphatic carbocycles. The molecule has 3 aromatic carbocycles. The lowest BCUT2D eigenvalue weighted by Gasteiger charge is -2.10. The number of carboxylic acid groups (broad SMARTS) is 1. The van der Waals surface area contributed by atoms with E-state index in [1.807, 2.05) is 12.1 Å². The fraction of sp³-hybridized carbons (Fsp3) is 0.0870. The summed E-state index contributed by atoms with van der Waals surface area (Å²) in [6, 6.07) is 16.6. The van der Waals surface area contributed by atoms with E-state index in [0.29, 0.717) is 16.9 Å². The maximum atomic E-state index is 12.7. The molecule has 0 unspecified atom stereocenters. The summed E-state index contributed by atoms with van der Waals surface area (Å²) in [5.41, 5.74) is 1.84. The summed E-state index contributed by atoms with van der Waals surface area (Å²) in [7, 11) is 0. The summed E-state index contributed by atoms with van der Waals surface area (Å²) >= 11 is 0. The third-order valence-corrected chi connectivity index (χ3v) is 4.29. The van der Waals surface area contributed by atoms with Gasteiger partial charge in [0.05, 0.1) is 5.56 Å². The van der Waals surface area contributed by atoms with E-state index in [0.717, 1.165) is 29.3 Å². The molecule has 7 heteroatoms. The number of aliphatic carboxylic acids is 1. The van der Waals surface area contributed by atoms with Crippen molar-refractivity contribution in [3.63, 3.8) is 0 Å². The van der Waals surface area contributed by atoms with Gasteiger partial charge in [0.15, 0.2) is 0 Å². The summed E-state index contributed by atoms with van der Waals surface area (Å²) in [4.78, 5) is 10.6. The van der Waals surface area contributed by atoms with Crippen molar-refractivity contribution in [2.24, 2.45) is 0 Å². The standard InChI is InChI=1S/C23H17F3O4/c24-23(25,26)19-8-4-16(5-9-19)18-3-1-2-15(12-18)14-30-20-10-6-17(21(27)13-20)7-11-22(28)29/h1-13,27H,14H2,(H,28,29)/b11-7+. The Kier molecular flexibility index (Phi) is 6.11. The minimum absolute atomic E-state index is 0.122. The molecule has 0 atom stereocenters. The Morgan fingerprint density at radius 2 is 1.70 bits per heavy atom. The van der Waals surface area contributed by atoms with E-state index < -0.39 is 17.7 Å². The molecule has 0 amide bonds. The van der Waals surface area contributed by atoms with Crippen molar-refractivity contribution in [2.75, 3.05) is 0 Å². The number of hydrogen-bond acceptors (Lipinski definition) is 3. The lowest BCUT2D eigenvalue weighted by Crippen LogP contribution is -2.04. The summed E-state index contributed by atoms with van der Waals surface area (Å²) in [6.07, 6.45) is -2.18. The number of hydrogen-bond donors (Lipinski definition) is 2. The van der Waals surface area contributed by atoms with Gasteiger partial charge in [0, 0.05) is 17.7 Å². The van der Waals surface area contributed by atoms with E-state index in [1.165, 1.54) is 30.3 Å². The molecule has 0 saturated carbocycles. The topological polar surface area (TPSA) is 66.8 Å². The highest BCUT2D eigenvalue weighted by Crippen LogP contribution is 2.31. The Morgan fingerprint density at radius 3 is 2.33 bits per heavy atom. The van der Waals surface area contributed by atoms with Gasteiger partial charge in [-0.2, -0.15) is 13.2 Å². The van der Waals surface area contributed by atoms with E-state index in [2.05, 4.69) is 0 Å². The molecular weight excluding hydrogens is 397 g/mol. The van der Waals surface area contributed by atoms with Crippen LogP contribution >= 0.6 is 0 Å². The predicted molar refractivity (Wildman–Crippen MR) is 106 cm³/mol. The molecule has 0 aliphatic rings. The van der Waals surface area contributed by atoms with Gasteiger partial charge in [0.1, 0.15) is 18.1 Å². The van der Waals surface area contributed by atoms with Gasteiger partial charge in [0.25, 0.3) is 0 Å². The summed E-state index contributed by atoms with van der Waals surface area (Å²) < 4.78 is 43.8. The molecule has 0 saturated heterocycles. The number of phenolic OH excluding ortho intramolecular Hbond substituents is 1. The van der Waals surface area contributed by atoms with E-state index in [4.69, 9.17) is 9.84 Å². The molecule has 154 valence electrons. The second-order valence-electron chi connectivity index (χ2n) is 6.46. The van der Waals surface area contributed by atoms with Crippen molar-refractivity contribution in [3.8, 4) is 22.6 Å². The van der Waals surface area contributed by atoms with Crippen LogP contribution < -0.4 is 4.74 Å². The molecule has 0 bridgehead atoms. The normalized spacial score (nSPS) is 11.6. The van der Waals surface area contributed by atoms with E-state index >= 15 is 0 Å². The smallest absolute Gasteiger partial charge is 0.416 e. The Morgan fingerprint density at radius 1 is 0.967 bits per heavy atom. The van der Waals surface area contributed by atoms with Crippen molar-refractivity contribution < 1.29 is 32.9 Å². The highest BCUT2D eigenvalue weighted by atomic mass is 19.4. The summed E-state index contributed by atoms with van der Waals surface area (Å²) in [5.74, 6) is -0.855. The number of carbonyl (C=O) groups is 1. The van der Waals surface area contributed by atoms with E-state index in [-0.39, 0.29) is 12.4 Å². The van der Waals surface area contributed by atoms with E-state index in [1.54, 1.807) is 18.2 Å². The van der Waals surface area contributed by atoms with Crippen molar-refractivity contribution in [3.05, 3.63) is 89.5 Å². The monoisotopic (exact) mass is 414 g/mol. The van der Waals surface area contributed by atoms with Crippen LogP contribution in [0.2, 0.25) is 0 Å². The predicted octanol–water partition coefficient (Wildman–Crippen LogP) is 5.75. The molecule has 0 fully saturated rings. The first-order valence-corrected chi connectivity index (χ1v) is 8.86. The van der Waals surface area contributed by atoms with Crippen LogP contribution in [0.5, 0.6) is 11.5 Å². The number of alkyl halides is 3. The van der Waals surface area contributed by atoms with Crippen molar-refractivity contribution >= 4 is 12.0 Å². The molecule has 3 aromatic rings. The molecule has 0 heterocycles. The van der Waals surface area contributed by atoms with Crippen molar-refractivity contribution in [1.29, 1.82) is 0 Å². The van der Waals surface area contributed by atoms with Gasteiger partial charge in [-0.25, -0.2) is 4.79 Å². The van der Waals surface area contributed by atoms with Gasteiger partial charge < -0.3 is 14.9 Å². The first-order chi connectivity index (χ1) is 14.2. The Hall–Kier alpha value is -3.74. The molecule has 30 heavy (non-hydrogen) atoms. The molecule has 2 N–H and O–H groups in total. The SMILES string of the molecule is O=C(O)/C=C/c1ccc(OCc2cccc(-c3ccc(C(F)(F)F)cc3)c2)cc1O. The van der Waals surface area contributed by atoms with Crippen LogP contribution in [-0.4, -0.2) is 16.2 Å². The van der Waals surface area contributed by atoms with Crippen LogP contribution in [0.15, 0.2) is 72.8 Å². The van der Waals surface area contributed by atoms with Gasteiger partial charge in [-0.3, -0.25) is 0 Å². The highest BCUT2D eigenvalue weighted by Gasteiger charge is 2.29. The fourth-order valence-corrected chi connectivity index (χ4v) is 2.77. The lowest BCUT2D eigenvalue weighted by atomic mass is 10.0. The first-order valence-electron chi connectivity index (χ1n) is 8.86. The van der Waals surface area contributed by atoms with Gasteiger partial charge >= 0.3 is 12.1 Å². The maximum absolute atomic E-state index is 12.7. The third kappa shape index (κ3) is 5.41. The molecule has 4 nitrogen and oxygen atoms in total. The minimum Gasteiger partial charge on any atom is -0.507 e. The zero-order valence-electron chi connectivity index (χ0n) is 15.6. The summed E-state index contributed by atoms with van der Waals surface area (Å²) in [6.45, 7) is 0.179. The molecule has 0 aliphatic heterocycles. The lowest BCUT2D eigenvalue weighted by molar-refractivity contribution is -0.137. The number of halogens is 3. The van der Waals surface area contributed by atoms with Crippen LogP contribution in [0.1, 0.15) is 16.7 Å². The Bertz CT molecular complexity index is 1070. The number of aromatic hydroxyl groups is 1. The van der Waals surface area contributed by atoms with Crippen LogP contribution in [0.25, 0.3) is 17.2 Å². The Labute approximate surface area is 170 Å². The number of benzene rings is 3. The fourth-order valence-electron chi connectivity index (χ4n) is 2.77. The van der Waals surface area contributed by atoms with Gasteiger partial charge in [-0.15, -0.1) is 0 Å². The van der Waals surface area contributed by atoms with Gasteiger partial charge in [-0.1, -0.05) is 30.3 Å². The second-order valence-corrected chi connectivity index (χ2v) is 6.46. The number of carboxylic acids is 1. The van der Waals surface area contributed by atoms with Crippen molar-refractivity contribution in [1.82, 2.24) is 0 Å². The molecule has 0 spiro atoms. The zero-order chi connectivity index (χ0) is 21.7. The quantitative estimate of drug-likeness (QED) is 0.504. The van der Waals surface area contributed by atoms with Crippen molar-refractivity contribution in [2.45, 2.75) is 12.8 Å². The molecule has 0 aromatic heterocycles. The van der Waals surface area contributed by atoms with Gasteiger partial charge in [-0.05, 0) is 53.1 Å². The molecule has 3 rings (SSSR count). The summed E-state index contributed by atoms with van der Waals surface area (Å²) in [5, 5.41) is 18.6. The second kappa shape index (κ2) is 8.73.